The summed E-state index contributed by atoms with van der Waals surface area (Å²) in [5.41, 5.74) is 4.87. The van der Waals surface area contributed by atoms with Gasteiger partial charge in [-0.2, -0.15) is 0 Å². The summed E-state index contributed by atoms with van der Waals surface area (Å²) in [6.07, 6.45) is 3.05. The number of benzene rings is 2. The third-order valence-corrected chi connectivity index (χ3v) is 4.20. The molecule has 1 aliphatic carbocycles. The van der Waals surface area contributed by atoms with Crippen molar-refractivity contribution in [3.8, 4) is 0 Å². The van der Waals surface area contributed by atoms with Gasteiger partial charge < -0.3 is 0 Å². The van der Waals surface area contributed by atoms with Gasteiger partial charge >= 0.3 is 0 Å². The van der Waals surface area contributed by atoms with Crippen molar-refractivity contribution in [1.29, 1.82) is 0 Å². The molecule has 0 saturated heterocycles. The Balaban J connectivity index is 2.02. The molecule has 2 aromatic rings. The molecule has 0 aliphatic heterocycles. The van der Waals surface area contributed by atoms with Gasteiger partial charge in [0, 0.05) is 0 Å². The fourth-order valence-corrected chi connectivity index (χ4v) is 3.21. The van der Waals surface area contributed by atoms with Gasteiger partial charge in [0.25, 0.3) is 0 Å². The summed E-state index contributed by atoms with van der Waals surface area (Å²) in [7, 11) is 0. The first-order valence-corrected chi connectivity index (χ1v) is 7.19. The normalized spacial score (nSPS) is 17.2. The van der Waals surface area contributed by atoms with Crippen LogP contribution in [-0.2, 0) is 12.8 Å². The minimum atomic E-state index is -0.283. The molecule has 2 heteroatoms. The fraction of sp³-hybridized carbons (Fsp3) is 0.333. The Bertz CT molecular complexity index is 604. The average molecular weight is 272 g/mol. The van der Waals surface area contributed by atoms with Crippen LogP contribution in [0.5, 0.6) is 0 Å². The molecule has 0 unspecified atom stereocenters. The van der Waals surface area contributed by atoms with E-state index in [1.807, 2.05) is 18.2 Å². The Kier molecular flexibility index (Phi) is 3.81. The minimum Gasteiger partial charge on any atom is -0.251 e. The lowest BCUT2D eigenvalue weighted by Gasteiger charge is -2.17. The quantitative estimate of drug-likeness (QED) is 0.752. The summed E-state index contributed by atoms with van der Waals surface area (Å²) in [6.45, 7) is -0.283. The number of hydrogen-bond donors (Lipinski definition) is 0. The molecule has 0 N–H and O–H groups in total. The molecule has 0 aromatic heterocycles. The van der Waals surface area contributed by atoms with Gasteiger partial charge in [-0.15, -0.1) is 0 Å². The summed E-state index contributed by atoms with van der Waals surface area (Å²) < 4.78 is 26.0. The van der Waals surface area contributed by atoms with Gasteiger partial charge in [-0.25, -0.2) is 4.39 Å². The third-order valence-electron chi connectivity index (χ3n) is 4.20. The van der Waals surface area contributed by atoms with E-state index < -0.39 is 0 Å². The average Bonchev–Trinajstić information content (AvgIpc) is 2.61. The lowest BCUT2D eigenvalue weighted by Crippen LogP contribution is -2.04. The van der Waals surface area contributed by atoms with Crippen molar-refractivity contribution in [1.82, 2.24) is 0 Å². The molecule has 1 atom stereocenters. The van der Waals surface area contributed by atoms with Crippen molar-refractivity contribution in [2.45, 2.75) is 31.6 Å². The molecule has 0 amide bonds. The van der Waals surface area contributed by atoms with Crippen molar-refractivity contribution >= 4 is 0 Å². The molecule has 0 saturated carbocycles. The SMILES string of the molecule is FCCC[C@H]1Cc2cc(F)ccc2Cc2ccccc21. The van der Waals surface area contributed by atoms with Gasteiger partial charge in [-0.05, 0) is 66.0 Å². The Morgan fingerprint density at radius 3 is 2.70 bits per heavy atom. The van der Waals surface area contributed by atoms with Crippen LogP contribution in [0.25, 0.3) is 0 Å². The molecule has 0 bridgehead atoms. The number of rotatable bonds is 3. The number of fused-ring (bicyclic) bond motifs is 2. The van der Waals surface area contributed by atoms with E-state index in [0.717, 1.165) is 24.8 Å². The summed E-state index contributed by atoms with van der Waals surface area (Å²) in [6, 6.07) is 13.4. The number of hydrogen-bond acceptors (Lipinski definition) is 0. The van der Waals surface area contributed by atoms with Crippen LogP contribution in [-0.4, -0.2) is 6.67 Å². The maximum absolute atomic E-state index is 13.5. The Hall–Kier alpha value is -1.70. The van der Waals surface area contributed by atoms with Gasteiger partial charge in [0.05, 0.1) is 6.67 Å². The molecule has 20 heavy (non-hydrogen) atoms. The van der Waals surface area contributed by atoms with Gasteiger partial charge in [0.15, 0.2) is 0 Å². The molecule has 0 heterocycles. The predicted octanol–water partition coefficient (Wildman–Crippen LogP) is 4.81. The topological polar surface area (TPSA) is 0 Å². The van der Waals surface area contributed by atoms with Crippen molar-refractivity contribution in [2.75, 3.05) is 6.67 Å². The van der Waals surface area contributed by atoms with E-state index in [-0.39, 0.29) is 12.5 Å². The van der Waals surface area contributed by atoms with Gasteiger partial charge in [-0.3, -0.25) is 4.39 Å². The highest BCUT2D eigenvalue weighted by Crippen LogP contribution is 2.34. The van der Waals surface area contributed by atoms with Crippen LogP contribution in [0.3, 0.4) is 0 Å². The first-order valence-electron chi connectivity index (χ1n) is 7.19. The molecular weight excluding hydrogens is 254 g/mol. The lowest BCUT2D eigenvalue weighted by molar-refractivity contribution is 0.440. The zero-order valence-electron chi connectivity index (χ0n) is 11.4. The van der Waals surface area contributed by atoms with E-state index in [1.165, 1.54) is 22.8 Å². The highest BCUT2D eigenvalue weighted by Gasteiger charge is 2.21. The van der Waals surface area contributed by atoms with Crippen LogP contribution in [0.2, 0.25) is 0 Å². The molecular formula is C18H18F2. The van der Waals surface area contributed by atoms with Crippen molar-refractivity contribution < 1.29 is 8.78 Å². The van der Waals surface area contributed by atoms with Gasteiger partial charge in [0.2, 0.25) is 0 Å². The lowest BCUT2D eigenvalue weighted by atomic mass is 9.88. The highest BCUT2D eigenvalue weighted by atomic mass is 19.1. The summed E-state index contributed by atoms with van der Waals surface area (Å²) in [4.78, 5) is 0. The van der Waals surface area contributed by atoms with Crippen molar-refractivity contribution in [3.63, 3.8) is 0 Å². The largest absolute Gasteiger partial charge is 0.251 e. The first kappa shape index (κ1) is 13.3. The van der Waals surface area contributed by atoms with Crippen molar-refractivity contribution in [2.24, 2.45) is 0 Å². The fourth-order valence-electron chi connectivity index (χ4n) is 3.21. The zero-order valence-corrected chi connectivity index (χ0v) is 11.4. The van der Waals surface area contributed by atoms with E-state index >= 15 is 0 Å². The molecule has 0 spiro atoms. The van der Waals surface area contributed by atoms with Crippen LogP contribution >= 0.6 is 0 Å². The Morgan fingerprint density at radius 2 is 1.85 bits per heavy atom. The monoisotopic (exact) mass is 272 g/mol. The molecule has 0 radical (unpaired) electrons. The second-order valence-electron chi connectivity index (χ2n) is 5.52. The molecule has 1 aliphatic rings. The van der Waals surface area contributed by atoms with Gasteiger partial charge in [0.1, 0.15) is 5.82 Å². The number of halogens is 2. The second-order valence-corrected chi connectivity index (χ2v) is 5.52. The van der Waals surface area contributed by atoms with Gasteiger partial charge in [-0.1, -0.05) is 30.3 Å². The molecule has 0 fully saturated rings. The summed E-state index contributed by atoms with van der Waals surface area (Å²) in [5, 5.41) is 0. The zero-order chi connectivity index (χ0) is 13.9. The van der Waals surface area contributed by atoms with E-state index in [4.69, 9.17) is 0 Å². The third kappa shape index (κ3) is 2.60. The highest BCUT2D eigenvalue weighted by molar-refractivity contribution is 5.42. The molecule has 0 nitrogen and oxygen atoms in total. The Morgan fingerprint density at radius 1 is 1.00 bits per heavy atom. The minimum absolute atomic E-state index is 0.182. The van der Waals surface area contributed by atoms with Crippen LogP contribution < -0.4 is 0 Å². The maximum atomic E-state index is 13.5. The van der Waals surface area contributed by atoms with E-state index in [9.17, 15) is 8.78 Å². The van der Waals surface area contributed by atoms with Crippen LogP contribution in [0, 0.1) is 5.82 Å². The van der Waals surface area contributed by atoms with E-state index in [0.29, 0.717) is 12.3 Å². The van der Waals surface area contributed by atoms with Crippen LogP contribution in [0.15, 0.2) is 42.5 Å². The first-order chi connectivity index (χ1) is 9.78. The molecule has 3 rings (SSSR count). The smallest absolute Gasteiger partial charge is 0.123 e. The van der Waals surface area contributed by atoms with Crippen molar-refractivity contribution in [3.05, 3.63) is 70.5 Å². The molecule has 104 valence electrons. The van der Waals surface area contributed by atoms with E-state index in [1.54, 1.807) is 6.07 Å². The maximum Gasteiger partial charge on any atom is 0.123 e. The van der Waals surface area contributed by atoms with Crippen LogP contribution in [0.1, 0.15) is 41.0 Å². The summed E-state index contributed by atoms with van der Waals surface area (Å²) >= 11 is 0. The predicted molar refractivity (Wildman–Crippen MR) is 77.3 cm³/mol. The van der Waals surface area contributed by atoms with E-state index in [2.05, 4.69) is 12.1 Å². The summed E-state index contributed by atoms with van der Waals surface area (Å²) in [5.74, 6) is 0.115. The standard InChI is InChI=1S/C18H18F2/c19-9-3-5-15-11-16-12-17(20)8-7-13(16)10-14-4-1-2-6-18(14)15/h1-2,4,6-8,12,15H,3,5,9-11H2/t15-/m0/s1. The number of alkyl halides is 1. The Labute approximate surface area is 118 Å². The molecule has 2 aromatic carbocycles. The second kappa shape index (κ2) is 5.74. The van der Waals surface area contributed by atoms with Crippen LogP contribution in [0.4, 0.5) is 8.78 Å².